The highest BCUT2D eigenvalue weighted by Gasteiger charge is 2.56. The Morgan fingerprint density at radius 3 is 3.08 bits per heavy atom. The second-order valence-corrected chi connectivity index (χ2v) is 7.99. The molecule has 1 N–H and O–H groups in total. The zero-order valence-electron chi connectivity index (χ0n) is 14.4. The molecule has 0 unspecified atom stereocenters. The van der Waals surface area contributed by atoms with Crippen LogP contribution in [-0.2, 0) is 23.2 Å². The quantitative estimate of drug-likeness (QED) is 0.913. The van der Waals surface area contributed by atoms with Gasteiger partial charge in [-0.2, -0.15) is 0 Å². The summed E-state index contributed by atoms with van der Waals surface area (Å²) in [7, 11) is 0. The van der Waals surface area contributed by atoms with E-state index in [-0.39, 0.29) is 12.5 Å². The molecule has 130 valence electrons. The highest BCUT2D eigenvalue weighted by atomic mass is 16.2. The Hall–Kier alpha value is -2.17. The van der Waals surface area contributed by atoms with Gasteiger partial charge in [-0.15, -0.1) is 5.10 Å². The summed E-state index contributed by atoms with van der Waals surface area (Å²) in [4.78, 5) is 12.3. The Morgan fingerprint density at radius 1 is 1.32 bits per heavy atom. The molecule has 1 spiro atoms. The van der Waals surface area contributed by atoms with E-state index in [1.54, 1.807) is 4.68 Å². The number of nitrogens with zero attached hydrogens (tertiary/aromatic N) is 3. The lowest BCUT2D eigenvalue weighted by atomic mass is 9.78. The Kier molecular flexibility index (Phi) is 3.43. The first kappa shape index (κ1) is 15.1. The number of amides is 1. The van der Waals surface area contributed by atoms with Crippen molar-refractivity contribution in [3.63, 3.8) is 0 Å². The van der Waals surface area contributed by atoms with Crippen molar-refractivity contribution in [1.29, 1.82) is 0 Å². The van der Waals surface area contributed by atoms with Crippen LogP contribution in [0.5, 0.6) is 0 Å². The summed E-state index contributed by atoms with van der Waals surface area (Å²) in [5.74, 6) is 1.20. The molecule has 1 aromatic heterocycles. The maximum Gasteiger partial charge on any atom is 0.241 e. The first-order valence-electron chi connectivity index (χ1n) is 9.50. The van der Waals surface area contributed by atoms with Crippen LogP contribution in [0.25, 0.3) is 0 Å². The highest BCUT2D eigenvalue weighted by Crippen LogP contribution is 2.59. The van der Waals surface area contributed by atoms with Crippen molar-refractivity contribution in [3.8, 4) is 0 Å². The molecule has 3 aliphatic rings. The van der Waals surface area contributed by atoms with Crippen LogP contribution in [0.2, 0.25) is 0 Å². The third kappa shape index (κ3) is 2.75. The number of hydrogen-bond donors (Lipinski definition) is 1. The lowest BCUT2D eigenvalue weighted by Gasteiger charge is -2.26. The Labute approximate surface area is 147 Å². The molecule has 1 heterocycles. The van der Waals surface area contributed by atoms with E-state index in [0.717, 1.165) is 12.2 Å². The first-order chi connectivity index (χ1) is 12.2. The van der Waals surface area contributed by atoms with E-state index in [1.807, 2.05) is 6.20 Å². The fourth-order valence-electron chi connectivity index (χ4n) is 4.63. The summed E-state index contributed by atoms with van der Waals surface area (Å²) in [6.07, 6.45) is 9.27. The normalized spacial score (nSPS) is 27.1. The summed E-state index contributed by atoms with van der Waals surface area (Å²) >= 11 is 0. The van der Waals surface area contributed by atoms with Crippen LogP contribution in [0.15, 0.2) is 30.5 Å². The van der Waals surface area contributed by atoms with Crippen molar-refractivity contribution in [2.45, 2.75) is 56.4 Å². The van der Waals surface area contributed by atoms with Gasteiger partial charge in [0.15, 0.2) is 0 Å². The fourth-order valence-corrected chi connectivity index (χ4v) is 4.63. The van der Waals surface area contributed by atoms with Gasteiger partial charge >= 0.3 is 0 Å². The minimum atomic E-state index is 0.0402. The van der Waals surface area contributed by atoms with Gasteiger partial charge in [0.05, 0.1) is 5.69 Å². The van der Waals surface area contributed by atoms with E-state index < -0.39 is 0 Å². The van der Waals surface area contributed by atoms with Gasteiger partial charge in [-0.25, -0.2) is 4.68 Å². The van der Waals surface area contributed by atoms with Gasteiger partial charge in [0.25, 0.3) is 0 Å². The predicted octanol–water partition coefficient (Wildman–Crippen LogP) is 2.57. The second kappa shape index (κ2) is 5.68. The van der Waals surface area contributed by atoms with Gasteiger partial charge in [-0.3, -0.25) is 4.79 Å². The third-order valence-corrected chi connectivity index (χ3v) is 6.26. The molecular weight excluding hydrogens is 312 g/mol. The van der Waals surface area contributed by atoms with Crippen LogP contribution < -0.4 is 5.32 Å². The SMILES string of the molecule is O=C(Cn1cc(C2CC2)nn1)NC[C@H]1C[C@@]12CCCc1ccccc12. The van der Waals surface area contributed by atoms with Gasteiger partial charge in [0.2, 0.25) is 5.91 Å². The zero-order valence-corrected chi connectivity index (χ0v) is 14.4. The molecule has 5 nitrogen and oxygen atoms in total. The van der Waals surface area contributed by atoms with Gasteiger partial charge in [-0.1, -0.05) is 29.5 Å². The average molecular weight is 336 g/mol. The predicted molar refractivity (Wildman–Crippen MR) is 94.2 cm³/mol. The second-order valence-electron chi connectivity index (χ2n) is 7.99. The van der Waals surface area contributed by atoms with E-state index in [0.29, 0.717) is 17.3 Å². The number of hydrogen-bond acceptors (Lipinski definition) is 3. The molecule has 1 aromatic carbocycles. The molecule has 5 rings (SSSR count). The molecule has 2 atom stereocenters. The number of aryl methyl sites for hydroxylation is 1. The van der Waals surface area contributed by atoms with Crippen LogP contribution in [0.1, 0.15) is 54.8 Å². The van der Waals surface area contributed by atoms with E-state index in [1.165, 1.54) is 49.7 Å². The fraction of sp³-hybridized carbons (Fsp3) is 0.550. The van der Waals surface area contributed by atoms with Crippen LogP contribution >= 0.6 is 0 Å². The number of fused-ring (bicyclic) bond motifs is 2. The molecule has 0 aliphatic heterocycles. The summed E-state index contributed by atoms with van der Waals surface area (Å²) in [6, 6.07) is 8.87. The Morgan fingerprint density at radius 2 is 2.20 bits per heavy atom. The standard InChI is InChI=1S/C20H24N4O/c25-19(13-24-12-18(22-23-24)15-7-8-15)21-11-16-10-20(16)9-3-5-14-4-1-2-6-17(14)20/h1-2,4,6,12,15-16H,3,5,7-11,13H2,(H,21,25)/t16-,20+/m1/s1. The van der Waals surface area contributed by atoms with Crippen molar-refractivity contribution >= 4 is 5.91 Å². The molecule has 25 heavy (non-hydrogen) atoms. The Balaban J connectivity index is 1.18. The van der Waals surface area contributed by atoms with Gasteiger partial charge in [0.1, 0.15) is 6.54 Å². The van der Waals surface area contributed by atoms with Crippen LogP contribution in [0.3, 0.4) is 0 Å². The monoisotopic (exact) mass is 336 g/mol. The number of aromatic nitrogens is 3. The van der Waals surface area contributed by atoms with E-state index in [2.05, 4.69) is 39.9 Å². The van der Waals surface area contributed by atoms with Crippen molar-refractivity contribution < 1.29 is 4.79 Å². The number of carbonyl (C=O) groups excluding carboxylic acids is 1. The van der Waals surface area contributed by atoms with E-state index in [4.69, 9.17) is 0 Å². The lowest BCUT2D eigenvalue weighted by molar-refractivity contribution is -0.121. The summed E-state index contributed by atoms with van der Waals surface area (Å²) in [5.41, 5.74) is 4.41. The van der Waals surface area contributed by atoms with Gasteiger partial charge in [0, 0.05) is 24.1 Å². The van der Waals surface area contributed by atoms with E-state index >= 15 is 0 Å². The largest absolute Gasteiger partial charge is 0.354 e. The smallest absolute Gasteiger partial charge is 0.241 e. The van der Waals surface area contributed by atoms with Gasteiger partial charge < -0.3 is 5.32 Å². The zero-order chi connectivity index (χ0) is 16.9. The topological polar surface area (TPSA) is 59.8 Å². The van der Waals surface area contributed by atoms with Crippen LogP contribution in [0, 0.1) is 5.92 Å². The number of nitrogens with one attached hydrogen (secondary N) is 1. The first-order valence-corrected chi connectivity index (χ1v) is 9.50. The third-order valence-electron chi connectivity index (χ3n) is 6.26. The molecular formula is C20H24N4O. The number of benzene rings is 1. The summed E-state index contributed by atoms with van der Waals surface area (Å²) in [6.45, 7) is 1.05. The average Bonchev–Trinajstić information content (AvgIpc) is 3.54. The van der Waals surface area contributed by atoms with Crippen molar-refractivity contribution in [1.82, 2.24) is 20.3 Å². The molecule has 0 saturated heterocycles. The molecule has 0 radical (unpaired) electrons. The number of carbonyl (C=O) groups is 1. The lowest BCUT2D eigenvalue weighted by Crippen LogP contribution is -2.31. The molecule has 1 amide bonds. The summed E-state index contributed by atoms with van der Waals surface area (Å²) in [5, 5.41) is 11.4. The van der Waals surface area contributed by atoms with Crippen molar-refractivity contribution in [3.05, 3.63) is 47.3 Å². The minimum absolute atomic E-state index is 0.0402. The van der Waals surface area contributed by atoms with E-state index in [9.17, 15) is 4.79 Å². The molecule has 3 aliphatic carbocycles. The molecule has 2 aromatic rings. The molecule has 2 fully saturated rings. The Bertz CT molecular complexity index is 810. The molecule has 5 heteroatoms. The maximum absolute atomic E-state index is 12.3. The van der Waals surface area contributed by atoms with Gasteiger partial charge in [-0.05, 0) is 55.6 Å². The highest BCUT2D eigenvalue weighted by molar-refractivity contribution is 5.75. The minimum Gasteiger partial charge on any atom is -0.354 e. The van der Waals surface area contributed by atoms with Crippen LogP contribution in [-0.4, -0.2) is 27.4 Å². The van der Waals surface area contributed by atoms with Crippen molar-refractivity contribution in [2.24, 2.45) is 5.92 Å². The van der Waals surface area contributed by atoms with Crippen LogP contribution in [0.4, 0.5) is 0 Å². The number of rotatable bonds is 5. The molecule has 0 bridgehead atoms. The summed E-state index contributed by atoms with van der Waals surface area (Å²) < 4.78 is 1.67. The maximum atomic E-state index is 12.3. The molecule has 2 saturated carbocycles. The van der Waals surface area contributed by atoms with Crippen molar-refractivity contribution in [2.75, 3.05) is 6.54 Å².